The van der Waals surface area contributed by atoms with Crippen LogP contribution in [0.1, 0.15) is 5.56 Å². The van der Waals surface area contributed by atoms with Crippen LogP contribution < -0.4 is 5.32 Å². The summed E-state index contributed by atoms with van der Waals surface area (Å²) in [7, 11) is 0. The van der Waals surface area contributed by atoms with Crippen molar-refractivity contribution < 1.29 is 0 Å². The molecule has 0 saturated carbocycles. The van der Waals surface area contributed by atoms with E-state index in [0.29, 0.717) is 0 Å². The first-order valence-corrected chi connectivity index (χ1v) is 9.40. The second-order valence-electron chi connectivity index (χ2n) is 6.66. The predicted molar refractivity (Wildman–Crippen MR) is 110 cm³/mol. The number of hydrogen-bond acceptors (Lipinski definition) is 2. The van der Waals surface area contributed by atoms with Gasteiger partial charge >= 0.3 is 0 Å². The lowest BCUT2D eigenvalue weighted by atomic mass is 9.94. The zero-order valence-electron chi connectivity index (χ0n) is 13.5. The van der Waals surface area contributed by atoms with Gasteiger partial charge in [0, 0.05) is 38.0 Å². The van der Waals surface area contributed by atoms with Gasteiger partial charge in [0.15, 0.2) is 0 Å². The van der Waals surface area contributed by atoms with Gasteiger partial charge in [0.05, 0.1) is 0 Å². The van der Waals surface area contributed by atoms with Gasteiger partial charge in [-0.05, 0) is 40.1 Å². The average molecular weight is 337 g/mol. The van der Waals surface area contributed by atoms with Crippen LogP contribution in [-0.2, 0) is 6.54 Å². The molecule has 1 aliphatic heterocycles. The summed E-state index contributed by atoms with van der Waals surface area (Å²) in [4.78, 5) is 0. The molecule has 0 bridgehead atoms. The molecular formula is C23H15NS. The predicted octanol–water partition coefficient (Wildman–Crippen LogP) is 6.80. The SMILES string of the molecule is c1ccc2c(c1)sc1c(-c3ccc4c5c(ccc4c3)NC5)cccc12. The van der Waals surface area contributed by atoms with Gasteiger partial charge in [-0.3, -0.25) is 0 Å². The molecule has 2 heterocycles. The molecule has 1 aliphatic rings. The minimum Gasteiger partial charge on any atom is -0.381 e. The number of hydrogen-bond donors (Lipinski definition) is 1. The largest absolute Gasteiger partial charge is 0.381 e. The maximum atomic E-state index is 3.37. The molecule has 0 fully saturated rings. The monoisotopic (exact) mass is 337 g/mol. The maximum Gasteiger partial charge on any atom is 0.0433 e. The second kappa shape index (κ2) is 4.84. The normalized spacial score (nSPS) is 13.0. The zero-order valence-corrected chi connectivity index (χ0v) is 14.4. The van der Waals surface area contributed by atoms with E-state index in [1.807, 2.05) is 11.3 Å². The number of rotatable bonds is 1. The standard InChI is InChI=1S/C23H15NS/c1-2-7-22-18(4-1)19-6-3-5-17(23(19)25-22)15-8-10-16-14(12-15)9-11-21-20(16)13-24-21/h1-12,24H,13H2. The summed E-state index contributed by atoms with van der Waals surface area (Å²) in [6.07, 6.45) is 0. The summed E-state index contributed by atoms with van der Waals surface area (Å²) in [6.45, 7) is 0.984. The Hall–Kier alpha value is -2.84. The highest BCUT2D eigenvalue weighted by Gasteiger charge is 2.16. The van der Waals surface area contributed by atoms with E-state index in [-0.39, 0.29) is 0 Å². The van der Waals surface area contributed by atoms with Crippen molar-refractivity contribution in [2.45, 2.75) is 6.54 Å². The number of nitrogens with one attached hydrogen (secondary N) is 1. The summed E-state index contributed by atoms with van der Waals surface area (Å²) in [5.41, 5.74) is 5.37. The van der Waals surface area contributed by atoms with E-state index in [2.05, 4.69) is 78.1 Å². The van der Waals surface area contributed by atoms with Crippen molar-refractivity contribution in [2.24, 2.45) is 0 Å². The first-order chi connectivity index (χ1) is 12.4. The van der Waals surface area contributed by atoms with Crippen LogP contribution in [-0.4, -0.2) is 0 Å². The highest BCUT2D eigenvalue weighted by molar-refractivity contribution is 7.26. The van der Waals surface area contributed by atoms with Crippen LogP contribution in [0.4, 0.5) is 5.69 Å². The molecule has 118 valence electrons. The van der Waals surface area contributed by atoms with E-state index < -0.39 is 0 Å². The zero-order chi connectivity index (χ0) is 16.4. The molecule has 0 unspecified atom stereocenters. The molecule has 6 rings (SSSR count). The third-order valence-electron chi connectivity index (χ3n) is 5.30. The van der Waals surface area contributed by atoms with Gasteiger partial charge in [-0.1, -0.05) is 54.6 Å². The molecule has 1 N–H and O–H groups in total. The molecule has 0 spiro atoms. The van der Waals surface area contributed by atoms with Crippen molar-refractivity contribution in [2.75, 3.05) is 5.32 Å². The molecule has 0 amide bonds. The fourth-order valence-electron chi connectivity index (χ4n) is 3.97. The Balaban J connectivity index is 1.64. The Labute approximate surface area is 149 Å². The number of thiophene rings is 1. The molecule has 0 atom stereocenters. The van der Waals surface area contributed by atoms with Gasteiger partial charge in [0.2, 0.25) is 0 Å². The van der Waals surface area contributed by atoms with Crippen molar-refractivity contribution >= 4 is 48.0 Å². The highest BCUT2D eigenvalue weighted by atomic mass is 32.1. The van der Waals surface area contributed by atoms with Gasteiger partial charge in [-0.25, -0.2) is 0 Å². The van der Waals surface area contributed by atoms with E-state index in [9.17, 15) is 0 Å². The summed E-state index contributed by atoms with van der Waals surface area (Å²) >= 11 is 1.90. The third kappa shape index (κ3) is 1.83. The van der Waals surface area contributed by atoms with Crippen molar-refractivity contribution in [3.05, 3.63) is 78.4 Å². The summed E-state index contributed by atoms with van der Waals surface area (Å²) < 4.78 is 2.74. The Kier molecular flexibility index (Phi) is 2.60. The topological polar surface area (TPSA) is 12.0 Å². The second-order valence-corrected chi connectivity index (χ2v) is 7.71. The van der Waals surface area contributed by atoms with E-state index in [1.165, 1.54) is 53.3 Å². The molecule has 1 aromatic heterocycles. The van der Waals surface area contributed by atoms with Crippen LogP contribution >= 0.6 is 11.3 Å². The molecule has 1 nitrogen and oxygen atoms in total. The maximum absolute atomic E-state index is 3.37. The van der Waals surface area contributed by atoms with Gasteiger partial charge in [0.1, 0.15) is 0 Å². The van der Waals surface area contributed by atoms with Gasteiger partial charge in [-0.15, -0.1) is 11.3 Å². The molecule has 5 aromatic rings. The number of benzene rings is 4. The molecule has 0 radical (unpaired) electrons. The number of fused-ring (bicyclic) bond motifs is 6. The Morgan fingerprint density at radius 2 is 1.68 bits per heavy atom. The van der Waals surface area contributed by atoms with Crippen molar-refractivity contribution in [3.63, 3.8) is 0 Å². The summed E-state index contributed by atoms with van der Waals surface area (Å²) in [5.74, 6) is 0. The van der Waals surface area contributed by atoms with E-state index in [1.54, 1.807) is 0 Å². The van der Waals surface area contributed by atoms with Crippen molar-refractivity contribution in [3.8, 4) is 11.1 Å². The lowest BCUT2D eigenvalue weighted by Gasteiger charge is -2.23. The lowest BCUT2D eigenvalue weighted by Crippen LogP contribution is -2.13. The van der Waals surface area contributed by atoms with E-state index >= 15 is 0 Å². The number of anilines is 1. The molecule has 25 heavy (non-hydrogen) atoms. The summed E-state index contributed by atoms with van der Waals surface area (Å²) in [6, 6.07) is 26.7. The Morgan fingerprint density at radius 3 is 2.60 bits per heavy atom. The minimum absolute atomic E-state index is 0.984. The Morgan fingerprint density at radius 1 is 0.760 bits per heavy atom. The van der Waals surface area contributed by atoms with Gasteiger partial charge in [0.25, 0.3) is 0 Å². The summed E-state index contributed by atoms with van der Waals surface area (Å²) in [5, 5.41) is 8.80. The van der Waals surface area contributed by atoms with E-state index in [4.69, 9.17) is 0 Å². The van der Waals surface area contributed by atoms with Crippen LogP contribution in [0.25, 0.3) is 42.1 Å². The average Bonchev–Trinajstić information content (AvgIpc) is 3.00. The molecular weight excluding hydrogens is 322 g/mol. The molecule has 2 heteroatoms. The van der Waals surface area contributed by atoms with Gasteiger partial charge in [-0.2, -0.15) is 0 Å². The molecule has 4 aromatic carbocycles. The van der Waals surface area contributed by atoms with Crippen molar-refractivity contribution in [1.29, 1.82) is 0 Å². The van der Waals surface area contributed by atoms with Crippen LogP contribution in [0.5, 0.6) is 0 Å². The van der Waals surface area contributed by atoms with Crippen molar-refractivity contribution in [1.82, 2.24) is 0 Å². The first kappa shape index (κ1) is 13.5. The quantitative estimate of drug-likeness (QED) is 0.355. The first-order valence-electron chi connectivity index (χ1n) is 8.59. The molecule has 0 aliphatic carbocycles. The van der Waals surface area contributed by atoms with Crippen LogP contribution in [0, 0.1) is 0 Å². The highest BCUT2D eigenvalue weighted by Crippen LogP contribution is 2.41. The smallest absolute Gasteiger partial charge is 0.0433 e. The van der Waals surface area contributed by atoms with Crippen LogP contribution in [0.3, 0.4) is 0 Å². The molecule has 0 saturated heterocycles. The minimum atomic E-state index is 0.984. The lowest BCUT2D eigenvalue weighted by molar-refractivity contribution is 1.07. The fraction of sp³-hybridized carbons (Fsp3) is 0.0435. The van der Waals surface area contributed by atoms with Crippen LogP contribution in [0.15, 0.2) is 72.8 Å². The van der Waals surface area contributed by atoms with Crippen LogP contribution in [0.2, 0.25) is 0 Å². The van der Waals surface area contributed by atoms with Gasteiger partial charge < -0.3 is 5.32 Å². The fourth-order valence-corrected chi connectivity index (χ4v) is 5.21. The Bertz CT molecular complexity index is 1300. The third-order valence-corrected chi connectivity index (χ3v) is 6.52. The van der Waals surface area contributed by atoms with E-state index in [0.717, 1.165) is 6.54 Å².